The molecule has 2 heterocycles. The molecule has 27 heavy (non-hydrogen) atoms. The highest BCUT2D eigenvalue weighted by molar-refractivity contribution is 5.81. The number of carbonyl (C=O) groups is 2. The highest BCUT2D eigenvalue weighted by atomic mass is 16.5. The van der Waals surface area contributed by atoms with Gasteiger partial charge >= 0.3 is 0 Å². The number of benzene rings is 2. The van der Waals surface area contributed by atoms with E-state index in [1.54, 1.807) is 0 Å². The van der Waals surface area contributed by atoms with Crippen molar-refractivity contribution in [3.63, 3.8) is 0 Å². The molecular weight excluding hydrogens is 340 g/mol. The van der Waals surface area contributed by atoms with Crippen LogP contribution in [0.2, 0.25) is 0 Å². The third-order valence-electron chi connectivity index (χ3n) is 5.89. The molecular formula is C22H24N2O3. The van der Waals surface area contributed by atoms with Crippen molar-refractivity contribution in [3.8, 4) is 0 Å². The number of fused-ring (bicyclic) bond motifs is 1. The first-order chi connectivity index (χ1) is 13.1. The van der Waals surface area contributed by atoms with Gasteiger partial charge < -0.3 is 14.5 Å². The van der Waals surface area contributed by atoms with Crippen molar-refractivity contribution >= 4 is 11.8 Å². The fourth-order valence-electron chi connectivity index (χ4n) is 4.33. The molecule has 0 saturated carbocycles. The summed E-state index contributed by atoms with van der Waals surface area (Å²) in [5.74, 6) is 0.0881. The standard InChI is InChI=1S/C22H24N2O3/c1-23-21(26)16-27-19-15-24(20(25)14-17-8-4-2-5-9-17)13-12-22(19,23)18-10-6-3-7-11-18/h2-11,19H,12-16H2,1H3/t19-,22+/m1/s1. The molecule has 2 aromatic carbocycles. The minimum Gasteiger partial charge on any atom is -0.364 e. The van der Waals surface area contributed by atoms with Crippen LogP contribution in [-0.4, -0.2) is 54.5 Å². The van der Waals surface area contributed by atoms with Crippen LogP contribution in [-0.2, 0) is 26.3 Å². The van der Waals surface area contributed by atoms with E-state index < -0.39 is 5.54 Å². The summed E-state index contributed by atoms with van der Waals surface area (Å²) in [5, 5.41) is 0. The van der Waals surface area contributed by atoms with Crippen molar-refractivity contribution in [1.29, 1.82) is 0 Å². The fraction of sp³-hybridized carbons (Fsp3) is 0.364. The first-order valence-corrected chi connectivity index (χ1v) is 9.37. The van der Waals surface area contributed by atoms with E-state index in [2.05, 4.69) is 0 Å². The summed E-state index contributed by atoms with van der Waals surface area (Å²) in [7, 11) is 1.85. The lowest BCUT2D eigenvalue weighted by Crippen LogP contribution is -2.67. The maximum Gasteiger partial charge on any atom is 0.249 e. The number of ether oxygens (including phenoxy) is 1. The van der Waals surface area contributed by atoms with Gasteiger partial charge in [-0.05, 0) is 17.5 Å². The number of piperidine rings is 1. The number of likely N-dealkylation sites (N-methyl/N-ethyl adjacent to an activating group) is 1. The van der Waals surface area contributed by atoms with Gasteiger partial charge in [-0.25, -0.2) is 0 Å². The van der Waals surface area contributed by atoms with Crippen LogP contribution < -0.4 is 0 Å². The van der Waals surface area contributed by atoms with Gasteiger partial charge in [-0.1, -0.05) is 60.7 Å². The maximum atomic E-state index is 12.8. The molecule has 0 aliphatic carbocycles. The van der Waals surface area contributed by atoms with Crippen molar-refractivity contribution in [1.82, 2.24) is 9.80 Å². The smallest absolute Gasteiger partial charge is 0.249 e. The lowest BCUT2D eigenvalue weighted by Gasteiger charge is -2.54. The summed E-state index contributed by atoms with van der Waals surface area (Å²) in [6.07, 6.45) is 0.835. The number of hydrogen-bond acceptors (Lipinski definition) is 3. The monoisotopic (exact) mass is 364 g/mol. The molecule has 2 aliphatic heterocycles. The quantitative estimate of drug-likeness (QED) is 0.839. The highest BCUT2D eigenvalue weighted by Gasteiger charge is 2.53. The number of rotatable bonds is 3. The Balaban J connectivity index is 1.58. The van der Waals surface area contributed by atoms with Gasteiger partial charge in [0.25, 0.3) is 0 Å². The second-order valence-corrected chi connectivity index (χ2v) is 7.29. The van der Waals surface area contributed by atoms with Crippen LogP contribution in [0.1, 0.15) is 17.5 Å². The Morgan fingerprint density at radius 3 is 2.48 bits per heavy atom. The molecule has 2 atom stereocenters. The third kappa shape index (κ3) is 3.12. The van der Waals surface area contributed by atoms with E-state index in [0.717, 1.165) is 11.1 Å². The average Bonchev–Trinajstić information content (AvgIpc) is 2.72. The molecule has 5 nitrogen and oxygen atoms in total. The van der Waals surface area contributed by atoms with Crippen molar-refractivity contribution in [3.05, 3.63) is 71.8 Å². The van der Waals surface area contributed by atoms with E-state index in [0.29, 0.717) is 25.9 Å². The van der Waals surface area contributed by atoms with Crippen LogP contribution in [0.25, 0.3) is 0 Å². The van der Waals surface area contributed by atoms with Crippen LogP contribution in [0.15, 0.2) is 60.7 Å². The lowest BCUT2D eigenvalue weighted by molar-refractivity contribution is -0.184. The molecule has 2 fully saturated rings. The van der Waals surface area contributed by atoms with E-state index in [4.69, 9.17) is 4.74 Å². The Morgan fingerprint density at radius 2 is 1.78 bits per heavy atom. The van der Waals surface area contributed by atoms with Crippen molar-refractivity contribution < 1.29 is 14.3 Å². The van der Waals surface area contributed by atoms with Gasteiger partial charge in [0.05, 0.1) is 12.0 Å². The molecule has 2 amide bonds. The first kappa shape index (κ1) is 17.7. The van der Waals surface area contributed by atoms with Gasteiger partial charge in [0.2, 0.25) is 11.8 Å². The van der Waals surface area contributed by atoms with Crippen LogP contribution in [0.3, 0.4) is 0 Å². The van der Waals surface area contributed by atoms with Crippen molar-refractivity contribution in [2.45, 2.75) is 24.5 Å². The molecule has 0 unspecified atom stereocenters. The molecule has 0 radical (unpaired) electrons. The lowest BCUT2D eigenvalue weighted by atomic mass is 9.76. The number of nitrogens with zero attached hydrogens (tertiary/aromatic N) is 2. The molecule has 2 aliphatic rings. The summed E-state index contributed by atoms with van der Waals surface area (Å²) in [5.41, 5.74) is 1.57. The molecule has 5 heteroatoms. The summed E-state index contributed by atoms with van der Waals surface area (Å²) >= 11 is 0. The Labute approximate surface area is 159 Å². The van der Waals surface area contributed by atoms with Crippen LogP contribution in [0.5, 0.6) is 0 Å². The summed E-state index contributed by atoms with van der Waals surface area (Å²) < 4.78 is 5.97. The second-order valence-electron chi connectivity index (χ2n) is 7.29. The Hall–Kier alpha value is -2.66. The second kappa shape index (κ2) is 7.16. The molecule has 0 aromatic heterocycles. The fourth-order valence-corrected chi connectivity index (χ4v) is 4.33. The zero-order valence-corrected chi connectivity index (χ0v) is 15.5. The van der Waals surface area contributed by atoms with Crippen LogP contribution >= 0.6 is 0 Å². The maximum absolute atomic E-state index is 12.8. The van der Waals surface area contributed by atoms with Gasteiger partial charge in [-0.3, -0.25) is 9.59 Å². The zero-order valence-electron chi connectivity index (χ0n) is 15.5. The molecule has 2 aromatic rings. The topological polar surface area (TPSA) is 49.9 Å². The number of carbonyl (C=O) groups excluding carboxylic acids is 2. The number of morpholine rings is 1. The summed E-state index contributed by atoms with van der Waals surface area (Å²) in [4.78, 5) is 28.9. The molecule has 0 spiro atoms. The summed E-state index contributed by atoms with van der Waals surface area (Å²) in [6.45, 7) is 1.17. The number of hydrogen-bond donors (Lipinski definition) is 0. The van der Waals surface area contributed by atoms with Gasteiger partial charge in [0, 0.05) is 20.1 Å². The molecule has 0 N–H and O–H groups in total. The first-order valence-electron chi connectivity index (χ1n) is 9.37. The average molecular weight is 364 g/mol. The highest BCUT2D eigenvalue weighted by Crippen LogP contribution is 2.42. The van der Waals surface area contributed by atoms with Gasteiger partial charge in [-0.15, -0.1) is 0 Å². The molecule has 4 rings (SSSR count). The summed E-state index contributed by atoms with van der Waals surface area (Å²) in [6, 6.07) is 19.8. The molecule has 2 saturated heterocycles. The van der Waals surface area contributed by atoms with E-state index in [-0.39, 0.29) is 24.5 Å². The van der Waals surface area contributed by atoms with Crippen molar-refractivity contribution in [2.24, 2.45) is 0 Å². The van der Waals surface area contributed by atoms with Gasteiger partial charge in [-0.2, -0.15) is 0 Å². The largest absolute Gasteiger partial charge is 0.364 e. The predicted octanol–water partition coefficient (Wildman–Crippen LogP) is 2.21. The number of likely N-dealkylation sites (tertiary alicyclic amines) is 1. The van der Waals surface area contributed by atoms with E-state index in [1.807, 2.05) is 77.5 Å². The van der Waals surface area contributed by atoms with E-state index in [1.165, 1.54) is 0 Å². The van der Waals surface area contributed by atoms with E-state index in [9.17, 15) is 9.59 Å². The molecule has 140 valence electrons. The normalized spacial score (nSPS) is 25.2. The van der Waals surface area contributed by atoms with Gasteiger partial charge in [0.1, 0.15) is 12.7 Å². The minimum atomic E-state index is -0.514. The minimum absolute atomic E-state index is 0.0147. The molecule has 0 bridgehead atoms. The van der Waals surface area contributed by atoms with E-state index >= 15 is 0 Å². The number of amides is 2. The van der Waals surface area contributed by atoms with Crippen molar-refractivity contribution in [2.75, 3.05) is 26.7 Å². The Bertz CT molecular complexity index is 824. The Kier molecular flexibility index (Phi) is 4.70. The Morgan fingerprint density at radius 1 is 1.11 bits per heavy atom. The predicted molar refractivity (Wildman–Crippen MR) is 102 cm³/mol. The van der Waals surface area contributed by atoms with Crippen LogP contribution in [0.4, 0.5) is 0 Å². The SMILES string of the molecule is CN1C(=O)CO[C@@H]2CN(C(=O)Cc3ccccc3)CC[C@]21c1ccccc1. The third-order valence-corrected chi connectivity index (χ3v) is 5.89. The van der Waals surface area contributed by atoms with Crippen LogP contribution in [0, 0.1) is 0 Å². The van der Waals surface area contributed by atoms with Gasteiger partial charge in [0.15, 0.2) is 0 Å². The zero-order chi connectivity index (χ0) is 18.9.